The van der Waals surface area contributed by atoms with Crippen molar-refractivity contribution in [3.63, 3.8) is 0 Å². The van der Waals surface area contributed by atoms with Crippen LogP contribution in [0.4, 0.5) is 0 Å². The Morgan fingerprint density at radius 3 is 2.93 bits per heavy atom. The van der Waals surface area contributed by atoms with E-state index in [0.29, 0.717) is 18.6 Å². The van der Waals surface area contributed by atoms with Gasteiger partial charge in [0.15, 0.2) is 6.29 Å². The zero-order chi connectivity index (χ0) is 11.3. The van der Waals surface area contributed by atoms with Gasteiger partial charge in [-0.3, -0.25) is 9.59 Å². The molecule has 0 atom stereocenters. The zero-order valence-corrected chi connectivity index (χ0v) is 8.27. The second kappa shape index (κ2) is 5.09. The van der Waals surface area contributed by atoms with Gasteiger partial charge in [-0.25, -0.2) is 4.98 Å². The molecule has 0 saturated heterocycles. The van der Waals surface area contributed by atoms with Crippen molar-refractivity contribution in [1.29, 1.82) is 0 Å². The molecule has 0 aromatic carbocycles. The van der Waals surface area contributed by atoms with E-state index >= 15 is 0 Å². The minimum atomic E-state index is -0.410. The highest BCUT2D eigenvalue weighted by Gasteiger charge is 2.08. The first kappa shape index (κ1) is 11.2. The van der Waals surface area contributed by atoms with Gasteiger partial charge in [0, 0.05) is 0 Å². The minimum absolute atomic E-state index is 0.00500. The fraction of sp³-hybridized carbons (Fsp3) is 0.300. The number of carbonyl (C=O) groups is 2. The molecule has 0 saturated carbocycles. The standard InChI is InChI=1S/C10H11NO4/c1-2-15-10(14)5-7-3-4-9(13)8(6-12)11-7/h3-4,6,13H,2,5H2,1H3. The molecule has 0 aliphatic carbocycles. The summed E-state index contributed by atoms with van der Waals surface area (Å²) in [6.07, 6.45) is 0.430. The number of ether oxygens (including phenoxy) is 1. The molecular weight excluding hydrogens is 198 g/mol. The molecule has 1 heterocycles. The average molecular weight is 209 g/mol. The van der Waals surface area contributed by atoms with Crippen molar-refractivity contribution in [2.45, 2.75) is 13.3 Å². The summed E-state index contributed by atoms with van der Waals surface area (Å²) in [7, 11) is 0. The summed E-state index contributed by atoms with van der Waals surface area (Å²) >= 11 is 0. The smallest absolute Gasteiger partial charge is 0.311 e. The number of aromatic hydroxyl groups is 1. The van der Waals surface area contributed by atoms with E-state index in [4.69, 9.17) is 9.84 Å². The minimum Gasteiger partial charge on any atom is -0.506 e. The lowest BCUT2D eigenvalue weighted by Gasteiger charge is -2.02. The number of rotatable bonds is 4. The van der Waals surface area contributed by atoms with Crippen LogP contribution in [0.5, 0.6) is 5.75 Å². The molecule has 15 heavy (non-hydrogen) atoms. The second-order valence-corrected chi connectivity index (χ2v) is 2.81. The SMILES string of the molecule is CCOC(=O)Cc1ccc(O)c(C=O)n1. The number of hydrogen-bond acceptors (Lipinski definition) is 5. The fourth-order valence-electron chi connectivity index (χ4n) is 1.05. The van der Waals surface area contributed by atoms with Gasteiger partial charge in [-0.1, -0.05) is 0 Å². The summed E-state index contributed by atoms with van der Waals surface area (Å²) in [5.74, 6) is -0.606. The fourth-order valence-corrected chi connectivity index (χ4v) is 1.05. The van der Waals surface area contributed by atoms with Crippen molar-refractivity contribution in [3.8, 4) is 5.75 Å². The number of pyridine rings is 1. The number of hydrogen-bond donors (Lipinski definition) is 1. The van der Waals surface area contributed by atoms with E-state index in [2.05, 4.69) is 4.98 Å². The third-order valence-corrected chi connectivity index (χ3v) is 1.70. The quantitative estimate of drug-likeness (QED) is 0.583. The first-order valence-electron chi connectivity index (χ1n) is 4.47. The molecule has 1 aromatic rings. The van der Waals surface area contributed by atoms with Crippen LogP contribution in [0.2, 0.25) is 0 Å². The highest BCUT2D eigenvalue weighted by molar-refractivity contribution is 5.77. The summed E-state index contributed by atoms with van der Waals surface area (Å²) in [6.45, 7) is 2.01. The first-order valence-corrected chi connectivity index (χ1v) is 4.47. The molecule has 0 aliphatic rings. The van der Waals surface area contributed by atoms with Crippen LogP contribution >= 0.6 is 0 Å². The maximum absolute atomic E-state index is 11.1. The molecule has 80 valence electrons. The van der Waals surface area contributed by atoms with Crippen LogP contribution in [-0.2, 0) is 16.0 Å². The van der Waals surface area contributed by atoms with Crippen molar-refractivity contribution in [1.82, 2.24) is 4.98 Å². The Hall–Kier alpha value is -1.91. The summed E-state index contributed by atoms with van der Waals surface area (Å²) in [5.41, 5.74) is 0.324. The van der Waals surface area contributed by atoms with Gasteiger partial charge in [0.25, 0.3) is 0 Å². The Labute approximate surface area is 86.7 Å². The Morgan fingerprint density at radius 2 is 2.33 bits per heavy atom. The van der Waals surface area contributed by atoms with E-state index in [9.17, 15) is 9.59 Å². The number of carbonyl (C=O) groups excluding carboxylic acids is 2. The Bertz CT molecular complexity index is 376. The molecule has 0 aliphatic heterocycles. The largest absolute Gasteiger partial charge is 0.506 e. The second-order valence-electron chi connectivity index (χ2n) is 2.81. The molecule has 0 amide bonds. The molecular formula is C10H11NO4. The van der Waals surface area contributed by atoms with Crippen LogP contribution < -0.4 is 0 Å². The molecule has 0 bridgehead atoms. The van der Waals surface area contributed by atoms with E-state index in [-0.39, 0.29) is 17.9 Å². The van der Waals surface area contributed by atoms with Gasteiger partial charge in [0.05, 0.1) is 18.7 Å². The summed E-state index contributed by atoms with van der Waals surface area (Å²) < 4.78 is 4.72. The van der Waals surface area contributed by atoms with Gasteiger partial charge in [0.2, 0.25) is 0 Å². The van der Waals surface area contributed by atoms with Crippen LogP contribution in [-0.4, -0.2) is 29.0 Å². The number of nitrogens with zero attached hydrogens (tertiary/aromatic N) is 1. The van der Waals surface area contributed by atoms with Crippen molar-refractivity contribution in [2.24, 2.45) is 0 Å². The van der Waals surface area contributed by atoms with Gasteiger partial charge in [-0.2, -0.15) is 0 Å². The summed E-state index contributed by atoms with van der Waals surface area (Å²) in [6, 6.07) is 2.80. The Balaban J connectivity index is 2.78. The van der Waals surface area contributed by atoms with Crippen molar-refractivity contribution >= 4 is 12.3 Å². The van der Waals surface area contributed by atoms with Crippen LogP contribution in [0, 0.1) is 0 Å². The number of aldehydes is 1. The van der Waals surface area contributed by atoms with Crippen LogP contribution in [0.3, 0.4) is 0 Å². The molecule has 0 spiro atoms. The maximum atomic E-state index is 11.1. The summed E-state index contributed by atoms with van der Waals surface area (Å²) in [4.78, 5) is 25.3. The molecule has 5 heteroatoms. The van der Waals surface area contributed by atoms with Crippen LogP contribution in [0.15, 0.2) is 12.1 Å². The van der Waals surface area contributed by atoms with Gasteiger partial charge in [-0.15, -0.1) is 0 Å². The molecule has 5 nitrogen and oxygen atoms in total. The van der Waals surface area contributed by atoms with Crippen molar-refractivity contribution < 1.29 is 19.4 Å². The van der Waals surface area contributed by atoms with Gasteiger partial charge >= 0.3 is 5.97 Å². The summed E-state index contributed by atoms with van der Waals surface area (Å²) in [5, 5.41) is 9.16. The van der Waals surface area contributed by atoms with Crippen molar-refractivity contribution in [2.75, 3.05) is 6.61 Å². The van der Waals surface area contributed by atoms with Crippen LogP contribution in [0.1, 0.15) is 23.1 Å². The van der Waals surface area contributed by atoms with Crippen LogP contribution in [0.25, 0.3) is 0 Å². The van der Waals surface area contributed by atoms with E-state index in [0.717, 1.165) is 0 Å². The molecule has 0 fully saturated rings. The normalized spacial score (nSPS) is 9.67. The predicted molar refractivity (Wildman–Crippen MR) is 51.6 cm³/mol. The lowest BCUT2D eigenvalue weighted by Crippen LogP contribution is -2.09. The number of esters is 1. The van der Waals surface area contributed by atoms with Gasteiger partial charge in [0.1, 0.15) is 11.4 Å². The topological polar surface area (TPSA) is 76.5 Å². The monoisotopic (exact) mass is 209 g/mol. The predicted octanol–water partition coefficient (Wildman–Crippen LogP) is 0.705. The van der Waals surface area contributed by atoms with E-state index < -0.39 is 5.97 Å². The van der Waals surface area contributed by atoms with Crippen molar-refractivity contribution in [3.05, 3.63) is 23.5 Å². The van der Waals surface area contributed by atoms with Gasteiger partial charge < -0.3 is 9.84 Å². The third-order valence-electron chi connectivity index (χ3n) is 1.70. The molecule has 1 N–H and O–H groups in total. The average Bonchev–Trinajstić information content (AvgIpc) is 2.21. The maximum Gasteiger partial charge on any atom is 0.311 e. The first-order chi connectivity index (χ1) is 7.17. The lowest BCUT2D eigenvalue weighted by molar-refractivity contribution is -0.142. The molecule has 0 radical (unpaired) electrons. The third kappa shape index (κ3) is 3.05. The molecule has 1 rings (SSSR count). The van der Waals surface area contributed by atoms with E-state index in [1.807, 2.05) is 0 Å². The zero-order valence-electron chi connectivity index (χ0n) is 8.27. The highest BCUT2D eigenvalue weighted by atomic mass is 16.5. The van der Waals surface area contributed by atoms with E-state index in [1.54, 1.807) is 6.92 Å². The Kier molecular flexibility index (Phi) is 3.79. The highest BCUT2D eigenvalue weighted by Crippen LogP contribution is 2.12. The van der Waals surface area contributed by atoms with Gasteiger partial charge in [-0.05, 0) is 19.1 Å². The lowest BCUT2D eigenvalue weighted by atomic mass is 10.2. The Morgan fingerprint density at radius 1 is 1.60 bits per heavy atom. The number of aromatic nitrogens is 1. The van der Waals surface area contributed by atoms with E-state index in [1.165, 1.54) is 12.1 Å². The molecule has 1 aromatic heterocycles. The molecule has 0 unspecified atom stereocenters.